The second-order valence-electron chi connectivity index (χ2n) is 7.00. The summed E-state index contributed by atoms with van der Waals surface area (Å²) in [6.45, 7) is 3.79. The minimum absolute atomic E-state index is 0.0775. The molecule has 4 nitrogen and oxygen atoms in total. The van der Waals surface area contributed by atoms with E-state index in [0.717, 1.165) is 5.56 Å². The Kier molecular flexibility index (Phi) is 8.51. The third-order valence-electron chi connectivity index (χ3n) is 4.44. The predicted molar refractivity (Wildman–Crippen MR) is 118 cm³/mol. The largest absolute Gasteiger partial charge is 0.481 e. The van der Waals surface area contributed by atoms with Gasteiger partial charge in [0.2, 0.25) is 11.6 Å². The molecule has 0 bridgehead atoms. The standard InChI is InChI=1S/C14H10O2.C11H13ClO2/c15-13(11-7-3-1-4-8-11)14(16)12-9-5-2-6-10-12;1-7(2)10(11(13)14)8-3-5-9(12)6-4-8/h1-10H;3-7,10H,1-2H3,(H,13,14). The zero-order valence-corrected chi connectivity index (χ0v) is 17.5. The predicted octanol–water partition coefficient (Wildman–Crippen LogP) is 5.92. The van der Waals surface area contributed by atoms with Crippen LogP contribution in [0.3, 0.4) is 0 Å². The number of ketones is 2. The molecule has 3 rings (SSSR count). The van der Waals surface area contributed by atoms with Crippen LogP contribution in [-0.4, -0.2) is 22.6 Å². The van der Waals surface area contributed by atoms with E-state index in [2.05, 4.69) is 0 Å². The van der Waals surface area contributed by atoms with E-state index >= 15 is 0 Å². The lowest BCUT2D eigenvalue weighted by Gasteiger charge is -2.16. The van der Waals surface area contributed by atoms with Crippen LogP contribution in [-0.2, 0) is 4.79 Å². The quantitative estimate of drug-likeness (QED) is 0.395. The van der Waals surface area contributed by atoms with Gasteiger partial charge < -0.3 is 5.11 Å². The molecule has 0 fully saturated rings. The molecule has 3 aromatic carbocycles. The van der Waals surface area contributed by atoms with Crippen molar-refractivity contribution in [3.8, 4) is 0 Å². The van der Waals surface area contributed by atoms with Crippen molar-refractivity contribution in [2.75, 3.05) is 0 Å². The fraction of sp³-hybridized carbons (Fsp3) is 0.160. The Labute approximate surface area is 181 Å². The van der Waals surface area contributed by atoms with Crippen LogP contribution in [0, 0.1) is 5.92 Å². The van der Waals surface area contributed by atoms with E-state index in [4.69, 9.17) is 16.7 Å². The number of carbonyl (C=O) groups excluding carboxylic acids is 2. The van der Waals surface area contributed by atoms with Crippen molar-refractivity contribution >= 4 is 29.1 Å². The lowest BCUT2D eigenvalue weighted by atomic mass is 9.89. The highest BCUT2D eigenvalue weighted by molar-refractivity contribution is 6.49. The SMILES string of the molecule is CC(C)C(C(=O)O)c1ccc(Cl)cc1.O=C(C(=O)c1ccccc1)c1ccccc1. The minimum atomic E-state index is -0.790. The lowest BCUT2D eigenvalue weighted by Crippen LogP contribution is -2.17. The van der Waals surface area contributed by atoms with Gasteiger partial charge in [0, 0.05) is 16.1 Å². The highest BCUT2D eigenvalue weighted by Gasteiger charge is 2.23. The van der Waals surface area contributed by atoms with Gasteiger partial charge in [-0.15, -0.1) is 0 Å². The number of hydrogen-bond donors (Lipinski definition) is 1. The monoisotopic (exact) mass is 422 g/mol. The zero-order chi connectivity index (χ0) is 22.1. The summed E-state index contributed by atoms with van der Waals surface area (Å²) >= 11 is 5.73. The van der Waals surface area contributed by atoms with Crippen molar-refractivity contribution in [2.45, 2.75) is 19.8 Å². The maximum atomic E-state index is 11.8. The van der Waals surface area contributed by atoms with Crippen molar-refractivity contribution in [1.29, 1.82) is 0 Å². The number of rotatable bonds is 6. The molecule has 0 radical (unpaired) electrons. The summed E-state index contributed by atoms with van der Waals surface area (Å²) in [6.07, 6.45) is 0. The highest BCUT2D eigenvalue weighted by atomic mass is 35.5. The summed E-state index contributed by atoms with van der Waals surface area (Å²) in [6, 6.07) is 24.1. The van der Waals surface area contributed by atoms with Crippen LogP contribution in [0.5, 0.6) is 0 Å². The summed E-state index contributed by atoms with van der Waals surface area (Å²) in [5.41, 5.74) is 1.66. The average molecular weight is 423 g/mol. The smallest absolute Gasteiger partial charge is 0.311 e. The van der Waals surface area contributed by atoms with Gasteiger partial charge in [-0.05, 0) is 23.6 Å². The molecule has 30 heavy (non-hydrogen) atoms. The number of hydrogen-bond acceptors (Lipinski definition) is 3. The number of halogens is 1. The van der Waals surface area contributed by atoms with Crippen molar-refractivity contribution < 1.29 is 19.5 Å². The number of carboxylic acids is 1. The normalized spacial score (nSPS) is 11.2. The van der Waals surface area contributed by atoms with Gasteiger partial charge in [-0.2, -0.15) is 0 Å². The topological polar surface area (TPSA) is 71.4 Å². The molecule has 5 heteroatoms. The van der Waals surface area contributed by atoms with Gasteiger partial charge >= 0.3 is 5.97 Å². The number of aliphatic carboxylic acids is 1. The van der Waals surface area contributed by atoms with Gasteiger partial charge in [0.1, 0.15) is 0 Å². The fourth-order valence-corrected chi connectivity index (χ4v) is 3.05. The first-order valence-corrected chi connectivity index (χ1v) is 9.86. The summed E-state index contributed by atoms with van der Waals surface area (Å²) in [7, 11) is 0. The van der Waals surface area contributed by atoms with E-state index in [1.54, 1.807) is 72.8 Å². The van der Waals surface area contributed by atoms with Crippen LogP contribution in [0.25, 0.3) is 0 Å². The van der Waals surface area contributed by atoms with Crippen LogP contribution in [0.2, 0.25) is 5.02 Å². The molecule has 0 saturated carbocycles. The molecule has 1 atom stereocenters. The Balaban J connectivity index is 0.000000216. The second-order valence-corrected chi connectivity index (χ2v) is 7.44. The molecule has 0 amide bonds. The van der Waals surface area contributed by atoms with Crippen molar-refractivity contribution in [1.82, 2.24) is 0 Å². The van der Waals surface area contributed by atoms with Crippen LogP contribution in [0.1, 0.15) is 46.0 Å². The van der Waals surface area contributed by atoms with E-state index in [9.17, 15) is 14.4 Å². The Morgan fingerprint density at radius 1 is 0.700 bits per heavy atom. The Hall–Kier alpha value is -3.24. The van der Waals surface area contributed by atoms with E-state index < -0.39 is 23.5 Å². The molecule has 0 saturated heterocycles. The van der Waals surface area contributed by atoms with E-state index in [1.165, 1.54) is 0 Å². The molecule has 0 heterocycles. The number of carboxylic acid groups (broad SMARTS) is 1. The van der Waals surface area contributed by atoms with Crippen LogP contribution in [0.15, 0.2) is 84.9 Å². The van der Waals surface area contributed by atoms with Crippen molar-refractivity contribution in [2.24, 2.45) is 5.92 Å². The molecule has 0 aliphatic carbocycles. The summed E-state index contributed by atoms with van der Waals surface area (Å²) < 4.78 is 0. The zero-order valence-electron chi connectivity index (χ0n) is 16.8. The number of Topliss-reactive ketones (excluding diaryl/α,β-unsaturated/α-hetero) is 2. The van der Waals surface area contributed by atoms with Gasteiger partial charge in [0.15, 0.2) is 0 Å². The molecule has 154 valence electrons. The molecular weight excluding hydrogens is 400 g/mol. The molecule has 0 aromatic heterocycles. The first-order chi connectivity index (χ1) is 14.3. The molecule has 1 N–H and O–H groups in total. The number of benzene rings is 3. The van der Waals surface area contributed by atoms with Crippen molar-refractivity contribution in [3.63, 3.8) is 0 Å². The minimum Gasteiger partial charge on any atom is -0.481 e. The first kappa shape index (κ1) is 23.0. The fourth-order valence-electron chi connectivity index (χ4n) is 2.92. The van der Waals surface area contributed by atoms with Crippen LogP contribution < -0.4 is 0 Å². The second kappa shape index (κ2) is 11.1. The molecule has 0 aliphatic heterocycles. The number of carbonyl (C=O) groups is 3. The molecule has 1 unspecified atom stereocenters. The Bertz CT molecular complexity index is 931. The summed E-state index contributed by atoms with van der Waals surface area (Å²) in [5.74, 6) is -2.10. The first-order valence-electron chi connectivity index (χ1n) is 9.48. The van der Waals surface area contributed by atoms with Gasteiger partial charge in [0.05, 0.1) is 5.92 Å². The van der Waals surface area contributed by atoms with E-state index in [-0.39, 0.29) is 5.92 Å². The Morgan fingerprint density at radius 3 is 1.43 bits per heavy atom. The van der Waals surface area contributed by atoms with Gasteiger partial charge in [0.25, 0.3) is 0 Å². The molecule has 0 aliphatic rings. The highest BCUT2D eigenvalue weighted by Crippen LogP contribution is 2.25. The van der Waals surface area contributed by atoms with Crippen molar-refractivity contribution in [3.05, 3.63) is 107 Å². The maximum Gasteiger partial charge on any atom is 0.311 e. The Morgan fingerprint density at radius 2 is 1.10 bits per heavy atom. The van der Waals surface area contributed by atoms with Crippen LogP contribution in [0.4, 0.5) is 0 Å². The van der Waals surface area contributed by atoms with Gasteiger partial charge in [-0.1, -0.05) is 98.2 Å². The summed E-state index contributed by atoms with van der Waals surface area (Å²) in [5, 5.41) is 9.66. The van der Waals surface area contributed by atoms with E-state index in [1.807, 2.05) is 26.0 Å². The van der Waals surface area contributed by atoms with Gasteiger partial charge in [-0.25, -0.2) is 0 Å². The third-order valence-corrected chi connectivity index (χ3v) is 4.69. The molecule has 3 aromatic rings. The molecule has 0 spiro atoms. The lowest BCUT2D eigenvalue weighted by molar-refractivity contribution is -0.139. The van der Waals surface area contributed by atoms with Crippen LogP contribution >= 0.6 is 11.6 Å². The third kappa shape index (κ3) is 6.39. The van der Waals surface area contributed by atoms with Gasteiger partial charge in [-0.3, -0.25) is 14.4 Å². The maximum absolute atomic E-state index is 11.8. The molecular formula is C25H23ClO4. The summed E-state index contributed by atoms with van der Waals surface area (Å²) in [4.78, 5) is 34.6. The van der Waals surface area contributed by atoms with E-state index in [0.29, 0.717) is 16.1 Å². The average Bonchev–Trinajstić information content (AvgIpc) is 2.75.